The third-order valence-electron chi connectivity index (χ3n) is 7.09. The van der Waals surface area contributed by atoms with E-state index in [-0.39, 0.29) is 12.2 Å². The zero-order valence-electron chi connectivity index (χ0n) is 26.0. The van der Waals surface area contributed by atoms with Crippen molar-refractivity contribution in [2.75, 3.05) is 47.4 Å². The SMILES string of the molecule is CCOc1cc2c(cc1OC)/C(=C/C(=Nc1c(C)cc(C)cc1C)N(C)CCNC(O)=C(C(N)=O)N(C)N)N(C=O)CC2. The molecule has 232 valence electrons. The molecule has 1 aliphatic rings. The summed E-state index contributed by atoms with van der Waals surface area (Å²) in [5.74, 6) is 6.14. The lowest BCUT2D eigenvalue weighted by Gasteiger charge is -2.30. The molecule has 3 rings (SSSR count). The number of carbonyl (C=O) groups is 2. The van der Waals surface area contributed by atoms with Crippen LogP contribution in [0.3, 0.4) is 0 Å². The van der Waals surface area contributed by atoms with Crippen molar-refractivity contribution in [2.24, 2.45) is 16.6 Å². The zero-order chi connectivity index (χ0) is 31.8. The van der Waals surface area contributed by atoms with Crippen molar-refractivity contribution >= 4 is 29.5 Å². The number of nitrogens with one attached hydrogen (secondary N) is 1. The third-order valence-corrected chi connectivity index (χ3v) is 7.09. The molecule has 12 nitrogen and oxygen atoms in total. The maximum Gasteiger partial charge on any atom is 0.271 e. The first kappa shape index (κ1) is 32.8. The van der Waals surface area contributed by atoms with Crippen LogP contribution in [0.5, 0.6) is 11.5 Å². The van der Waals surface area contributed by atoms with Gasteiger partial charge in [0.05, 0.1) is 25.1 Å². The van der Waals surface area contributed by atoms with Crippen molar-refractivity contribution in [1.82, 2.24) is 20.1 Å². The normalized spacial score (nSPS) is 14.6. The minimum atomic E-state index is -0.867. The number of primary amides is 1. The molecule has 6 N–H and O–H groups in total. The van der Waals surface area contributed by atoms with E-state index in [4.69, 9.17) is 26.0 Å². The Morgan fingerprint density at radius 1 is 1.16 bits per heavy atom. The van der Waals surface area contributed by atoms with Gasteiger partial charge in [-0.2, -0.15) is 0 Å². The number of aliphatic imine (C=N–C) groups is 1. The van der Waals surface area contributed by atoms with Gasteiger partial charge in [0, 0.05) is 45.4 Å². The summed E-state index contributed by atoms with van der Waals surface area (Å²) in [5.41, 5.74) is 11.6. The van der Waals surface area contributed by atoms with E-state index in [0.29, 0.717) is 49.1 Å². The van der Waals surface area contributed by atoms with Crippen LogP contribution in [0.2, 0.25) is 0 Å². The van der Waals surface area contributed by atoms with E-state index >= 15 is 0 Å². The molecule has 2 amide bonds. The van der Waals surface area contributed by atoms with Crippen LogP contribution in [-0.2, 0) is 16.0 Å². The van der Waals surface area contributed by atoms with E-state index in [1.54, 1.807) is 12.0 Å². The Bertz CT molecular complexity index is 1430. The molecular formula is C31H43N7O5. The molecule has 0 unspecified atom stereocenters. The number of methoxy groups -OCH3 is 1. The number of ether oxygens (including phenoxy) is 2. The number of nitrogens with zero attached hydrogens (tertiary/aromatic N) is 4. The van der Waals surface area contributed by atoms with Gasteiger partial charge in [0.25, 0.3) is 5.91 Å². The molecule has 12 heteroatoms. The largest absolute Gasteiger partial charge is 0.493 e. The number of fused-ring (bicyclic) bond motifs is 1. The number of aliphatic hydroxyl groups is 1. The Kier molecular flexibility index (Phi) is 11.0. The first-order chi connectivity index (χ1) is 20.4. The van der Waals surface area contributed by atoms with E-state index in [1.165, 1.54) is 7.05 Å². The quantitative estimate of drug-likeness (QED) is 0.0552. The van der Waals surface area contributed by atoms with Gasteiger partial charge >= 0.3 is 0 Å². The van der Waals surface area contributed by atoms with E-state index in [1.807, 2.05) is 57.9 Å². The van der Waals surface area contributed by atoms with Crippen LogP contribution in [0.1, 0.15) is 34.7 Å². The van der Waals surface area contributed by atoms with Crippen LogP contribution in [-0.4, -0.2) is 85.5 Å². The van der Waals surface area contributed by atoms with E-state index < -0.39 is 11.8 Å². The summed E-state index contributed by atoms with van der Waals surface area (Å²) in [4.78, 5) is 32.6. The molecule has 0 saturated carbocycles. The number of aryl methyl sites for hydroxylation is 3. The number of likely N-dealkylation sites (N-methyl/N-ethyl adjacent to an activating group) is 2. The molecule has 0 atom stereocenters. The summed E-state index contributed by atoms with van der Waals surface area (Å²) in [6, 6.07) is 8.00. The van der Waals surface area contributed by atoms with E-state index in [2.05, 4.69) is 17.4 Å². The Hall–Kier alpha value is -4.71. The average molecular weight is 594 g/mol. The fraction of sp³-hybridized carbons (Fsp3) is 0.387. The molecule has 43 heavy (non-hydrogen) atoms. The Morgan fingerprint density at radius 2 is 1.84 bits per heavy atom. The van der Waals surface area contributed by atoms with Gasteiger partial charge in [0.2, 0.25) is 12.3 Å². The average Bonchev–Trinajstić information content (AvgIpc) is 2.93. The van der Waals surface area contributed by atoms with Gasteiger partial charge in [-0.3, -0.25) is 9.59 Å². The first-order valence-corrected chi connectivity index (χ1v) is 14.0. The van der Waals surface area contributed by atoms with Crippen LogP contribution < -0.4 is 26.4 Å². The number of nitrogens with two attached hydrogens (primary N) is 2. The summed E-state index contributed by atoms with van der Waals surface area (Å²) in [6.45, 7) is 9.54. The fourth-order valence-corrected chi connectivity index (χ4v) is 5.07. The number of aliphatic hydroxyl groups excluding tert-OH is 1. The number of amides is 2. The lowest BCUT2D eigenvalue weighted by atomic mass is 9.95. The number of hydrogen-bond acceptors (Lipinski definition) is 9. The highest BCUT2D eigenvalue weighted by Crippen LogP contribution is 2.38. The van der Waals surface area contributed by atoms with Gasteiger partial charge in [-0.15, -0.1) is 0 Å². The highest BCUT2D eigenvalue weighted by atomic mass is 16.5. The minimum Gasteiger partial charge on any atom is -0.493 e. The van der Waals surface area contributed by atoms with Gasteiger partial charge < -0.3 is 40.4 Å². The summed E-state index contributed by atoms with van der Waals surface area (Å²) in [7, 11) is 4.84. The van der Waals surface area contributed by atoms with E-state index in [9.17, 15) is 14.7 Å². The summed E-state index contributed by atoms with van der Waals surface area (Å²) < 4.78 is 11.4. The summed E-state index contributed by atoms with van der Waals surface area (Å²) >= 11 is 0. The first-order valence-electron chi connectivity index (χ1n) is 14.0. The number of rotatable bonds is 12. The lowest BCUT2D eigenvalue weighted by molar-refractivity contribution is -0.116. The minimum absolute atomic E-state index is 0.223. The fourth-order valence-electron chi connectivity index (χ4n) is 5.07. The van der Waals surface area contributed by atoms with E-state index in [0.717, 1.165) is 44.9 Å². The predicted octanol–water partition coefficient (Wildman–Crippen LogP) is 2.64. The van der Waals surface area contributed by atoms with Crippen LogP contribution in [0.25, 0.3) is 5.70 Å². The Balaban J connectivity index is 2.12. The Labute approximate surface area is 253 Å². The van der Waals surface area contributed by atoms with Crippen molar-refractivity contribution in [3.63, 3.8) is 0 Å². The van der Waals surface area contributed by atoms with Crippen molar-refractivity contribution in [2.45, 2.75) is 34.1 Å². The molecule has 0 spiro atoms. The van der Waals surface area contributed by atoms with Crippen LogP contribution in [0.4, 0.5) is 5.69 Å². The molecule has 0 aliphatic carbocycles. The second kappa shape index (κ2) is 14.5. The number of benzene rings is 2. The molecule has 0 fully saturated rings. The zero-order valence-corrected chi connectivity index (χ0v) is 26.0. The van der Waals surface area contributed by atoms with Crippen molar-refractivity contribution in [3.05, 3.63) is 69.7 Å². The number of hydrazine groups is 1. The van der Waals surface area contributed by atoms with Gasteiger partial charge in [0.15, 0.2) is 17.2 Å². The molecular weight excluding hydrogens is 550 g/mol. The molecule has 1 aliphatic heterocycles. The van der Waals surface area contributed by atoms with Gasteiger partial charge in [0.1, 0.15) is 5.84 Å². The topological polar surface area (TPSA) is 159 Å². The number of hydrogen-bond donors (Lipinski definition) is 4. The molecule has 0 radical (unpaired) electrons. The van der Waals surface area contributed by atoms with Crippen molar-refractivity contribution in [1.29, 1.82) is 0 Å². The molecule has 0 bridgehead atoms. The molecule has 1 heterocycles. The second-order valence-electron chi connectivity index (χ2n) is 10.4. The predicted molar refractivity (Wildman–Crippen MR) is 168 cm³/mol. The molecule has 0 aromatic heterocycles. The standard InChI is InChI=1S/C31H43N7O5/c1-8-43-26-15-22-9-11-38(18-39)24(23(22)16-25(26)42-7)17-27(35-28-20(3)13-19(2)14-21(28)4)36(5)12-10-34-31(41)29(30(32)40)37(6)33/h13-18,34,41H,8-12,33H2,1-7H3,(H2,32,40)/b24-17-,31-29?,35-27?. The monoisotopic (exact) mass is 593 g/mol. The smallest absolute Gasteiger partial charge is 0.271 e. The maximum atomic E-state index is 12.3. The summed E-state index contributed by atoms with van der Waals surface area (Å²) in [6.07, 6.45) is 3.35. The van der Waals surface area contributed by atoms with Crippen LogP contribution in [0.15, 0.2) is 46.9 Å². The van der Waals surface area contributed by atoms with Crippen LogP contribution in [0, 0.1) is 20.8 Å². The highest BCUT2D eigenvalue weighted by molar-refractivity contribution is 6.02. The lowest BCUT2D eigenvalue weighted by Crippen LogP contribution is -2.39. The summed E-state index contributed by atoms with van der Waals surface area (Å²) in [5, 5.41) is 14.1. The van der Waals surface area contributed by atoms with Crippen LogP contribution >= 0.6 is 0 Å². The molecule has 0 saturated heterocycles. The molecule has 2 aromatic carbocycles. The maximum absolute atomic E-state index is 12.3. The molecule has 2 aromatic rings. The highest BCUT2D eigenvalue weighted by Gasteiger charge is 2.25. The van der Waals surface area contributed by atoms with Crippen molar-refractivity contribution < 1.29 is 24.2 Å². The van der Waals surface area contributed by atoms with Crippen molar-refractivity contribution in [3.8, 4) is 11.5 Å². The Morgan fingerprint density at radius 3 is 2.40 bits per heavy atom. The van der Waals surface area contributed by atoms with Gasteiger partial charge in [-0.1, -0.05) is 17.7 Å². The third kappa shape index (κ3) is 7.77. The second-order valence-corrected chi connectivity index (χ2v) is 10.4. The number of amidine groups is 1. The van der Waals surface area contributed by atoms with Gasteiger partial charge in [-0.25, -0.2) is 10.8 Å². The van der Waals surface area contributed by atoms with Gasteiger partial charge in [-0.05, 0) is 62.9 Å². The number of carbonyl (C=O) groups excluding carboxylic acids is 2.